The lowest BCUT2D eigenvalue weighted by Gasteiger charge is -2.01. The molecule has 0 bridgehead atoms. The van der Waals surface area contributed by atoms with E-state index >= 15 is 0 Å². The molecule has 0 aliphatic heterocycles. The first-order valence-electron chi connectivity index (χ1n) is 4.79. The third-order valence-electron chi connectivity index (χ3n) is 1.94. The van der Waals surface area contributed by atoms with Crippen LogP contribution in [0.2, 0.25) is 0 Å². The van der Waals surface area contributed by atoms with Crippen molar-refractivity contribution < 1.29 is 4.74 Å². The first kappa shape index (κ1) is 10.9. The summed E-state index contributed by atoms with van der Waals surface area (Å²) in [5.74, 6) is 1.32. The summed E-state index contributed by atoms with van der Waals surface area (Å²) >= 11 is 1.54. The molecule has 4 nitrogen and oxygen atoms in total. The summed E-state index contributed by atoms with van der Waals surface area (Å²) in [6, 6.07) is 10.2. The number of methoxy groups -OCH3 is 1. The number of hydrogen-bond donors (Lipinski definition) is 0. The second-order valence-electron chi connectivity index (χ2n) is 3.06. The van der Waals surface area contributed by atoms with E-state index < -0.39 is 0 Å². The Balaban J connectivity index is 1.99. The van der Waals surface area contributed by atoms with Crippen LogP contribution in [0.1, 0.15) is 5.56 Å². The molecule has 0 saturated carbocycles. The molecule has 0 saturated heterocycles. The van der Waals surface area contributed by atoms with Gasteiger partial charge >= 0.3 is 0 Å². The van der Waals surface area contributed by atoms with Crippen LogP contribution >= 0.6 is 11.8 Å². The summed E-state index contributed by atoms with van der Waals surface area (Å²) < 4.78 is 4.98. The van der Waals surface area contributed by atoms with E-state index in [0.717, 1.165) is 5.75 Å². The summed E-state index contributed by atoms with van der Waals surface area (Å²) in [6.45, 7) is 0. The van der Waals surface area contributed by atoms with E-state index in [0.29, 0.717) is 11.0 Å². The van der Waals surface area contributed by atoms with Gasteiger partial charge < -0.3 is 4.74 Å². The zero-order chi connectivity index (χ0) is 11.2. The standard InChI is InChI=1S/C11H11N3OS/c1-15-10-7-12-14-11(13-10)16-8-9-5-3-2-4-6-9/h2-7H,8H2,1H3. The zero-order valence-electron chi connectivity index (χ0n) is 8.83. The molecule has 0 atom stereocenters. The van der Waals surface area contributed by atoms with Crippen LogP contribution in [0.15, 0.2) is 41.7 Å². The van der Waals surface area contributed by atoms with Crippen molar-refractivity contribution in [2.75, 3.05) is 7.11 Å². The molecule has 5 heteroatoms. The number of thioether (sulfide) groups is 1. The van der Waals surface area contributed by atoms with Crippen LogP contribution in [-0.2, 0) is 5.75 Å². The van der Waals surface area contributed by atoms with Gasteiger partial charge in [-0.15, -0.1) is 5.10 Å². The van der Waals surface area contributed by atoms with E-state index in [1.807, 2.05) is 18.2 Å². The minimum Gasteiger partial charge on any atom is -0.480 e. The molecular formula is C11H11N3OS. The summed E-state index contributed by atoms with van der Waals surface area (Å²) in [7, 11) is 1.57. The molecule has 1 heterocycles. The first-order chi connectivity index (χ1) is 7.88. The molecular weight excluding hydrogens is 222 g/mol. The number of ether oxygens (including phenoxy) is 1. The SMILES string of the molecule is COc1cnnc(SCc2ccccc2)n1. The molecule has 1 aromatic heterocycles. The van der Waals surface area contributed by atoms with Gasteiger partial charge in [-0.05, 0) is 5.56 Å². The monoisotopic (exact) mass is 233 g/mol. The first-order valence-corrected chi connectivity index (χ1v) is 5.77. The van der Waals surface area contributed by atoms with E-state index in [4.69, 9.17) is 4.74 Å². The second-order valence-corrected chi connectivity index (χ2v) is 4.00. The van der Waals surface area contributed by atoms with Crippen LogP contribution in [0.5, 0.6) is 5.88 Å². The average molecular weight is 233 g/mol. The van der Waals surface area contributed by atoms with Crippen LogP contribution < -0.4 is 4.74 Å². The third kappa shape index (κ3) is 2.93. The molecule has 0 aliphatic carbocycles. The highest BCUT2D eigenvalue weighted by Crippen LogP contribution is 2.19. The maximum atomic E-state index is 4.98. The van der Waals surface area contributed by atoms with E-state index in [-0.39, 0.29) is 0 Å². The maximum Gasteiger partial charge on any atom is 0.236 e. The van der Waals surface area contributed by atoms with Gasteiger partial charge in [-0.1, -0.05) is 42.1 Å². The van der Waals surface area contributed by atoms with E-state index in [2.05, 4.69) is 27.3 Å². The van der Waals surface area contributed by atoms with Gasteiger partial charge in [0.2, 0.25) is 11.0 Å². The molecule has 0 N–H and O–H groups in total. The molecule has 16 heavy (non-hydrogen) atoms. The predicted molar refractivity (Wildman–Crippen MR) is 62.4 cm³/mol. The number of rotatable bonds is 4. The molecule has 1 aromatic carbocycles. The zero-order valence-corrected chi connectivity index (χ0v) is 9.65. The Morgan fingerprint density at radius 3 is 2.81 bits per heavy atom. The molecule has 2 aromatic rings. The smallest absolute Gasteiger partial charge is 0.236 e. The Kier molecular flexibility index (Phi) is 3.71. The number of nitrogens with zero attached hydrogens (tertiary/aromatic N) is 3. The molecule has 0 radical (unpaired) electrons. The second kappa shape index (κ2) is 5.46. The van der Waals surface area contributed by atoms with Crippen LogP contribution in [0.4, 0.5) is 0 Å². The average Bonchev–Trinajstić information content (AvgIpc) is 2.38. The van der Waals surface area contributed by atoms with Gasteiger partial charge in [0, 0.05) is 5.75 Å². The van der Waals surface area contributed by atoms with Crippen LogP contribution in [0.25, 0.3) is 0 Å². The van der Waals surface area contributed by atoms with E-state index in [1.165, 1.54) is 23.5 Å². The molecule has 2 rings (SSSR count). The Hall–Kier alpha value is -1.62. The van der Waals surface area contributed by atoms with Gasteiger partial charge in [-0.3, -0.25) is 0 Å². The highest BCUT2D eigenvalue weighted by Gasteiger charge is 2.01. The Labute approximate surface area is 98.1 Å². The topological polar surface area (TPSA) is 47.9 Å². The summed E-state index contributed by atoms with van der Waals surface area (Å²) in [4.78, 5) is 4.17. The number of hydrogen-bond acceptors (Lipinski definition) is 5. The van der Waals surface area contributed by atoms with E-state index in [9.17, 15) is 0 Å². The highest BCUT2D eigenvalue weighted by molar-refractivity contribution is 7.98. The van der Waals surface area contributed by atoms with Gasteiger partial charge in [0.25, 0.3) is 0 Å². The minimum atomic E-state index is 0.491. The maximum absolute atomic E-state index is 4.98. The number of benzene rings is 1. The van der Waals surface area contributed by atoms with Gasteiger partial charge in [-0.25, -0.2) is 0 Å². The quantitative estimate of drug-likeness (QED) is 0.757. The van der Waals surface area contributed by atoms with Crippen molar-refractivity contribution in [3.05, 3.63) is 42.1 Å². The van der Waals surface area contributed by atoms with Crippen LogP contribution in [-0.4, -0.2) is 22.3 Å². The molecule has 0 amide bonds. The molecule has 0 aliphatic rings. The Morgan fingerprint density at radius 2 is 2.06 bits per heavy atom. The molecule has 82 valence electrons. The van der Waals surface area contributed by atoms with Crippen molar-refractivity contribution in [3.63, 3.8) is 0 Å². The lowest BCUT2D eigenvalue weighted by Crippen LogP contribution is -1.94. The Bertz CT molecular complexity index is 450. The fraction of sp³-hybridized carbons (Fsp3) is 0.182. The lowest BCUT2D eigenvalue weighted by molar-refractivity contribution is 0.388. The van der Waals surface area contributed by atoms with Gasteiger partial charge in [0.1, 0.15) is 6.20 Å². The van der Waals surface area contributed by atoms with Gasteiger partial charge in [0.05, 0.1) is 7.11 Å². The molecule has 0 spiro atoms. The van der Waals surface area contributed by atoms with Crippen molar-refractivity contribution in [1.82, 2.24) is 15.2 Å². The Morgan fingerprint density at radius 1 is 1.25 bits per heavy atom. The predicted octanol–water partition coefficient (Wildman–Crippen LogP) is 2.17. The van der Waals surface area contributed by atoms with Crippen molar-refractivity contribution in [2.24, 2.45) is 0 Å². The van der Waals surface area contributed by atoms with Crippen molar-refractivity contribution >= 4 is 11.8 Å². The van der Waals surface area contributed by atoms with Crippen molar-refractivity contribution in [3.8, 4) is 5.88 Å². The fourth-order valence-electron chi connectivity index (χ4n) is 1.15. The third-order valence-corrected chi connectivity index (χ3v) is 2.85. The molecule has 0 fully saturated rings. The van der Waals surface area contributed by atoms with E-state index in [1.54, 1.807) is 7.11 Å². The summed E-state index contributed by atoms with van der Waals surface area (Å²) in [6.07, 6.45) is 1.49. The number of aromatic nitrogens is 3. The highest BCUT2D eigenvalue weighted by atomic mass is 32.2. The van der Waals surface area contributed by atoms with Gasteiger partial charge in [0.15, 0.2) is 0 Å². The van der Waals surface area contributed by atoms with Crippen molar-refractivity contribution in [1.29, 1.82) is 0 Å². The lowest BCUT2D eigenvalue weighted by atomic mass is 10.2. The van der Waals surface area contributed by atoms with Crippen molar-refractivity contribution in [2.45, 2.75) is 10.9 Å². The summed E-state index contributed by atoms with van der Waals surface area (Å²) in [5, 5.41) is 8.36. The fourth-order valence-corrected chi connectivity index (χ4v) is 1.90. The van der Waals surface area contributed by atoms with Crippen LogP contribution in [0.3, 0.4) is 0 Å². The van der Waals surface area contributed by atoms with Crippen LogP contribution in [0, 0.1) is 0 Å². The summed E-state index contributed by atoms with van der Waals surface area (Å²) in [5.41, 5.74) is 1.24. The minimum absolute atomic E-state index is 0.491. The van der Waals surface area contributed by atoms with Gasteiger partial charge in [-0.2, -0.15) is 10.1 Å². The largest absolute Gasteiger partial charge is 0.480 e. The normalized spacial score (nSPS) is 10.1. The molecule has 0 unspecified atom stereocenters.